The number of benzene rings is 2. The van der Waals surface area contributed by atoms with E-state index in [0.717, 1.165) is 31.6 Å². The third-order valence-corrected chi connectivity index (χ3v) is 6.53. The molecule has 0 bridgehead atoms. The fourth-order valence-electron chi connectivity index (χ4n) is 4.30. The van der Waals surface area contributed by atoms with E-state index in [0.29, 0.717) is 36.7 Å². The lowest BCUT2D eigenvalue weighted by Crippen LogP contribution is -2.43. The normalized spacial score (nSPS) is 14.4. The number of urea groups is 1. The molecule has 2 heterocycles. The lowest BCUT2D eigenvalue weighted by atomic mass is 10.1. The first kappa shape index (κ1) is 28.0. The first-order valence-corrected chi connectivity index (χ1v) is 13.1. The van der Waals surface area contributed by atoms with Crippen LogP contribution in [-0.4, -0.2) is 72.7 Å². The van der Waals surface area contributed by atoms with Gasteiger partial charge in [0.05, 0.1) is 31.1 Å². The summed E-state index contributed by atoms with van der Waals surface area (Å²) in [5, 5.41) is 5.49. The summed E-state index contributed by atoms with van der Waals surface area (Å²) in [6.07, 6.45) is 1.04. The van der Waals surface area contributed by atoms with Crippen molar-refractivity contribution < 1.29 is 18.7 Å². The number of amides is 3. The van der Waals surface area contributed by atoms with Crippen LogP contribution in [0.15, 0.2) is 72.9 Å². The number of rotatable bonds is 11. The summed E-state index contributed by atoms with van der Waals surface area (Å²) in [6.45, 7) is 4.64. The third-order valence-electron chi connectivity index (χ3n) is 6.53. The molecule has 9 nitrogen and oxygen atoms in total. The Balaban J connectivity index is 1.36. The number of halogens is 1. The summed E-state index contributed by atoms with van der Waals surface area (Å²) in [6, 6.07) is 18.8. The minimum Gasteiger partial charge on any atom is -0.397 e. The SMILES string of the molecule is Nc1ccccc1NC(=O)c1ccc(CN(CCCN2CCOCC2)C(=O)NCC(F)c2ccccc2)cn1. The molecule has 1 saturated heterocycles. The molecule has 1 aliphatic rings. The minimum absolute atomic E-state index is 0.122. The molecule has 0 spiro atoms. The quantitative estimate of drug-likeness (QED) is 0.322. The van der Waals surface area contributed by atoms with E-state index in [9.17, 15) is 14.0 Å². The van der Waals surface area contributed by atoms with Crippen LogP contribution in [0.4, 0.5) is 20.6 Å². The number of morpholine rings is 1. The molecule has 4 rings (SSSR count). The van der Waals surface area contributed by atoms with Gasteiger partial charge in [-0.25, -0.2) is 9.18 Å². The summed E-state index contributed by atoms with van der Waals surface area (Å²) in [5.74, 6) is -0.380. The molecule has 0 saturated carbocycles. The number of para-hydroxylation sites is 2. The summed E-state index contributed by atoms with van der Waals surface area (Å²) in [7, 11) is 0. The predicted molar refractivity (Wildman–Crippen MR) is 149 cm³/mol. The largest absolute Gasteiger partial charge is 0.397 e. The molecule has 0 aliphatic carbocycles. The third kappa shape index (κ3) is 8.49. The zero-order valence-corrected chi connectivity index (χ0v) is 21.9. The number of pyridine rings is 1. The van der Waals surface area contributed by atoms with Crippen molar-refractivity contribution in [3.8, 4) is 0 Å². The minimum atomic E-state index is -1.30. The van der Waals surface area contributed by atoms with Gasteiger partial charge >= 0.3 is 6.03 Å². The molecule has 3 aromatic rings. The van der Waals surface area contributed by atoms with E-state index in [1.807, 2.05) is 6.07 Å². The molecule has 1 aromatic heterocycles. The van der Waals surface area contributed by atoms with E-state index in [1.54, 1.807) is 71.8 Å². The second kappa shape index (κ2) is 14.2. The Labute approximate surface area is 228 Å². The van der Waals surface area contributed by atoms with Crippen LogP contribution in [0.5, 0.6) is 0 Å². The van der Waals surface area contributed by atoms with Gasteiger partial charge in [-0.1, -0.05) is 48.5 Å². The number of carbonyl (C=O) groups excluding carboxylic acids is 2. The molecule has 2 aromatic carbocycles. The average molecular weight is 535 g/mol. The Morgan fingerprint density at radius 3 is 2.51 bits per heavy atom. The lowest BCUT2D eigenvalue weighted by Gasteiger charge is -2.28. The molecule has 206 valence electrons. The zero-order chi connectivity index (χ0) is 27.5. The summed E-state index contributed by atoms with van der Waals surface area (Å²) in [4.78, 5) is 34.0. The highest BCUT2D eigenvalue weighted by Crippen LogP contribution is 2.18. The highest BCUT2D eigenvalue weighted by Gasteiger charge is 2.19. The van der Waals surface area contributed by atoms with E-state index in [4.69, 9.17) is 10.5 Å². The molecule has 39 heavy (non-hydrogen) atoms. The number of aromatic nitrogens is 1. The lowest BCUT2D eigenvalue weighted by molar-refractivity contribution is 0.0364. The number of nitrogen functional groups attached to an aromatic ring is 1. The maximum absolute atomic E-state index is 14.7. The van der Waals surface area contributed by atoms with Crippen molar-refractivity contribution in [1.29, 1.82) is 0 Å². The molecule has 0 radical (unpaired) electrons. The van der Waals surface area contributed by atoms with Crippen LogP contribution >= 0.6 is 0 Å². The van der Waals surface area contributed by atoms with Crippen molar-refractivity contribution in [3.05, 3.63) is 89.7 Å². The van der Waals surface area contributed by atoms with Crippen molar-refractivity contribution in [3.63, 3.8) is 0 Å². The molecular weight excluding hydrogens is 499 g/mol. The molecular formula is C29H35FN6O3. The maximum Gasteiger partial charge on any atom is 0.317 e. The van der Waals surface area contributed by atoms with Crippen molar-refractivity contribution in [2.45, 2.75) is 19.1 Å². The van der Waals surface area contributed by atoms with Crippen molar-refractivity contribution in [2.75, 3.05) is 57.0 Å². The van der Waals surface area contributed by atoms with Crippen LogP contribution in [-0.2, 0) is 11.3 Å². The van der Waals surface area contributed by atoms with Gasteiger partial charge in [-0.05, 0) is 35.7 Å². The number of nitrogens with one attached hydrogen (secondary N) is 2. The van der Waals surface area contributed by atoms with Gasteiger partial charge < -0.3 is 26.0 Å². The number of hydrogen-bond acceptors (Lipinski definition) is 6. The predicted octanol–water partition coefficient (Wildman–Crippen LogP) is 3.86. The fraction of sp³-hybridized carbons (Fsp3) is 0.345. The van der Waals surface area contributed by atoms with Gasteiger partial charge in [0.25, 0.3) is 5.91 Å². The van der Waals surface area contributed by atoms with Crippen LogP contribution in [0, 0.1) is 0 Å². The first-order valence-electron chi connectivity index (χ1n) is 13.1. The van der Waals surface area contributed by atoms with Crippen LogP contribution in [0.2, 0.25) is 0 Å². The van der Waals surface area contributed by atoms with E-state index in [1.165, 1.54) is 0 Å². The molecule has 4 N–H and O–H groups in total. The van der Waals surface area contributed by atoms with Crippen molar-refractivity contribution >= 4 is 23.3 Å². The molecule has 3 amide bonds. The van der Waals surface area contributed by atoms with Gasteiger partial charge in [0.15, 0.2) is 0 Å². The van der Waals surface area contributed by atoms with Crippen LogP contribution in [0.25, 0.3) is 0 Å². The first-order chi connectivity index (χ1) is 19.0. The van der Waals surface area contributed by atoms with E-state index < -0.39 is 6.17 Å². The van der Waals surface area contributed by atoms with Gasteiger partial charge in [0, 0.05) is 38.9 Å². The number of alkyl halides is 1. The van der Waals surface area contributed by atoms with E-state index >= 15 is 0 Å². The second-order valence-corrected chi connectivity index (χ2v) is 9.39. The Bertz CT molecular complexity index is 1210. The Kier molecular flexibility index (Phi) is 10.2. The number of nitrogens with two attached hydrogens (primary N) is 1. The molecule has 1 unspecified atom stereocenters. The van der Waals surface area contributed by atoms with Crippen molar-refractivity contribution in [1.82, 2.24) is 20.1 Å². The van der Waals surface area contributed by atoms with Gasteiger partial charge in [0.2, 0.25) is 0 Å². The van der Waals surface area contributed by atoms with Crippen LogP contribution < -0.4 is 16.4 Å². The summed E-state index contributed by atoms with van der Waals surface area (Å²) >= 11 is 0. The van der Waals surface area contributed by atoms with Gasteiger partial charge in [-0.2, -0.15) is 0 Å². The number of nitrogens with zero attached hydrogens (tertiary/aromatic N) is 3. The topological polar surface area (TPSA) is 113 Å². The molecule has 1 aliphatic heterocycles. The summed E-state index contributed by atoms with van der Waals surface area (Å²) in [5.41, 5.74) is 8.39. The Morgan fingerprint density at radius 2 is 1.79 bits per heavy atom. The van der Waals surface area contributed by atoms with Crippen LogP contribution in [0.1, 0.15) is 34.2 Å². The number of hydrogen-bond donors (Lipinski definition) is 3. The van der Waals surface area contributed by atoms with Gasteiger partial charge in [0.1, 0.15) is 11.9 Å². The monoisotopic (exact) mass is 534 g/mol. The number of ether oxygens (including phenoxy) is 1. The van der Waals surface area contributed by atoms with Crippen molar-refractivity contribution in [2.24, 2.45) is 0 Å². The molecule has 1 atom stereocenters. The highest BCUT2D eigenvalue weighted by molar-refractivity contribution is 6.04. The maximum atomic E-state index is 14.7. The van der Waals surface area contributed by atoms with E-state index in [2.05, 4.69) is 20.5 Å². The number of anilines is 2. The van der Waals surface area contributed by atoms with E-state index in [-0.39, 0.29) is 30.7 Å². The average Bonchev–Trinajstić information content (AvgIpc) is 2.97. The van der Waals surface area contributed by atoms with Gasteiger partial charge in [-0.3, -0.25) is 14.7 Å². The standard InChI is InChI=1S/C29H35FN6O3/c30-24(23-7-2-1-3-8-23)20-33-29(38)36(14-6-13-35-15-17-39-18-16-35)21-22-11-12-27(32-19-22)28(37)34-26-10-5-4-9-25(26)31/h1-5,7-12,19,24H,6,13-18,20-21,31H2,(H,33,38)(H,34,37). The molecule has 1 fully saturated rings. The van der Waals surface area contributed by atoms with Gasteiger partial charge in [-0.15, -0.1) is 0 Å². The second-order valence-electron chi connectivity index (χ2n) is 9.39. The number of carbonyl (C=O) groups is 2. The zero-order valence-electron chi connectivity index (χ0n) is 21.9. The highest BCUT2D eigenvalue weighted by atomic mass is 19.1. The Hall–Kier alpha value is -4.02. The Morgan fingerprint density at radius 1 is 1.05 bits per heavy atom. The summed E-state index contributed by atoms with van der Waals surface area (Å²) < 4.78 is 20.1. The smallest absolute Gasteiger partial charge is 0.317 e. The molecule has 10 heteroatoms. The fourth-order valence-corrected chi connectivity index (χ4v) is 4.30. The van der Waals surface area contributed by atoms with Crippen LogP contribution in [0.3, 0.4) is 0 Å².